The van der Waals surface area contributed by atoms with Crippen LogP contribution in [0.25, 0.3) is 0 Å². The molecule has 0 atom stereocenters. The monoisotopic (exact) mass is 357 g/mol. The zero-order valence-corrected chi connectivity index (χ0v) is 14.2. The van der Waals surface area contributed by atoms with E-state index in [1.165, 1.54) is 23.9 Å². The number of nitro benzene ring substituents is 1. The molecule has 2 aromatic carbocycles. The number of aryl methyl sites for hydroxylation is 1. The predicted octanol–water partition coefficient (Wildman–Crippen LogP) is 4.16. The molecule has 0 saturated heterocycles. The Morgan fingerprint density at radius 3 is 2.72 bits per heavy atom. The van der Waals surface area contributed by atoms with Crippen LogP contribution in [0.5, 0.6) is 5.75 Å². The first-order valence-corrected chi connectivity index (χ1v) is 8.47. The Bertz CT molecular complexity index is 864. The molecule has 0 saturated carbocycles. The van der Waals surface area contributed by atoms with Crippen molar-refractivity contribution in [3.8, 4) is 5.75 Å². The van der Waals surface area contributed by atoms with Gasteiger partial charge in [0.25, 0.3) is 16.8 Å². The maximum atomic E-state index is 10.6. The van der Waals surface area contributed by atoms with Gasteiger partial charge in [-0.25, -0.2) is 0 Å². The van der Waals surface area contributed by atoms with E-state index in [-0.39, 0.29) is 12.3 Å². The van der Waals surface area contributed by atoms with Crippen LogP contribution in [0, 0.1) is 17.0 Å². The fourth-order valence-electron chi connectivity index (χ4n) is 2.06. The summed E-state index contributed by atoms with van der Waals surface area (Å²) in [4.78, 5) is 10.2. The number of aromatic nitrogens is 2. The number of hydrogen-bond donors (Lipinski definition) is 0. The minimum absolute atomic E-state index is 0.0714. The van der Waals surface area contributed by atoms with Crippen LogP contribution in [0.15, 0.2) is 58.2 Å². The van der Waals surface area contributed by atoms with E-state index in [2.05, 4.69) is 10.2 Å². The molecule has 0 spiro atoms. The van der Waals surface area contributed by atoms with Crippen molar-refractivity contribution >= 4 is 17.4 Å². The number of rotatable bonds is 7. The fraction of sp³-hybridized carbons (Fsp3) is 0.176. The first kappa shape index (κ1) is 17.0. The molecule has 1 aromatic heterocycles. The second-order valence-corrected chi connectivity index (χ2v) is 6.21. The standard InChI is InChI=1S/C17H15N3O4S/c1-12-3-2-4-15(9-12)23-10-16-18-19-17(24-16)25-11-13-5-7-14(8-6-13)20(21)22/h2-9H,10-11H2,1H3. The van der Waals surface area contributed by atoms with E-state index < -0.39 is 4.92 Å². The molecule has 3 aromatic rings. The van der Waals surface area contributed by atoms with Crippen LogP contribution in [0.1, 0.15) is 17.0 Å². The number of non-ortho nitro benzene ring substituents is 1. The average molecular weight is 357 g/mol. The lowest BCUT2D eigenvalue weighted by Gasteiger charge is -2.03. The average Bonchev–Trinajstić information content (AvgIpc) is 3.06. The highest BCUT2D eigenvalue weighted by Gasteiger charge is 2.09. The van der Waals surface area contributed by atoms with E-state index in [9.17, 15) is 10.1 Å². The summed E-state index contributed by atoms with van der Waals surface area (Å²) in [5.74, 6) is 1.73. The Balaban J connectivity index is 1.52. The molecule has 0 amide bonds. The van der Waals surface area contributed by atoms with Crippen molar-refractivity contribution in [3.63, 3.8) is 0 Å². The second-order valence-electron chi connectivity index (χ2n) is 5.28. The number of nitrogens with zero attached hydrogens (tertiary/aromatic N) is 3. The number of hydrogen-bond acceptors (Lipinski definition) is 7. The molecule has 0 fully saturated rings. The van der Waals surface area contributed by atoms with Gasteiger partial charge in [-0.1, -0.05) is 36.0 Å². The molecule has 0 N–H and O–H groups in total. The summed E-state index contributed by atoms with van der Waals surface area (Å²) in [6.45, 7) is 2.20. The van der Waals surface area contributed by atoms with Crippen LogP contribution < -0.4 is 4.74 Å². The van der Waals surface area contributed by atoms with E-state index in [4.69, 9.17) is 9.15 Å². The largest absolute Gasteiger partial charge is 0.484 e. The molecule has 25 heavy (non-hydrogen) atoms. The SMILES string of the molecule is Cc1cccc(OCc2nnc(SCc3ccc([N+](=O)[O-])cc3)o2)c1. The van der Waals surface area contributed by atoms with Crippen molar-refractivity contribution in [1.29, 1.82) is 0 Å². The molecule has 0 aliphatic heterocycles. The zero-order chi connectivity index (χ0) is 17.6. The molecular formula is C17H15N3O4S. The molecule has 1 heterocycles. The van der Waals surface area contributed by atoms with Gasteiger partial charge in [0.05, 0.1) is 4.92 Å². The lowest BCUT2D eigenvalue weighted by molar-refractivity contribution is -0.384. The van der Waals surface area contributed by atoms with Crippen molar-refractivity contribution in [1.82, 2.24) is 10.2 Å². The highest BCUT2D eigenvalue weighted by atomic mass is 32.2. The highest BCUT2D eigenvalue weighted by molar-refractivity contribution is 7.98. The lowest BCUT2D eigenvalue weighted by atomic mass is 10.2. The minimum atomic E-state index is -0.421. The fourth-order valence-corrected chi connectivity index (χ4v) is 2.80. The van der Waals surface area contributed by atoms with E-state index in [0.29, 0.717) is 16.9 Å². The van der Waals surface area contributed by atoms with Crippen molar-refractivity contribution in [2.75, 3.05) is 0 Å². The van der Waals surface area contributed by atoms with Gasteiger partial charge in [0.15, 0.2) is 6.61 Å². The van der Waals surface area contributed by atoms with Crippen LogP contribution in [0.2, 0.25) is 0 Å². The van der Waals surface area contributed by atoms with E-state index in [1.807, 2.05) is 31.2 Å². The summed E-state index contributed by atoms with van der Waals surface area (Å²) < 4.78 is 11.1. The van der Waals surface area contributed by atoms with E-state index in [0.717, 1.165) is 16.9 Å². The Kier molecular flexibility index (Phi) is 5.30. The summed E-state index contributed by atoms with van der Waals surface area (Å²) in [6, 6.07) is 14.1. The third kappa shape index (κ3) is 4.80. The number of nitro groups is 1. The molecule has 8 heteroatoms. The summed E-state index contributed by atoms with van der Waals surface area (Å²) in [5.41, 5.74) is 2.12. The third-order valence-corrected chi connectivity index (χ3v) is 4.20. The molecule has 0 radical (unpaired) electrons. The van der Waals surface area contributed by atoms with Crippen molar-refractivity contribution in [2.45, 2.75) is 24.5 Å². The Hall–Kier alpha value is -2.87. The first-order valence-electron chi connectivity index (χ1n) is 7.48. The summed E-state index contributed by atoms with van der Waals surface area (Å²) in [7, 11) is 0. The van der Waals surface area contributed by atoms with Crippen molar-refractivity contribution in [3.05, 3.63) is 75.7 Å². The predicted molar refractivity (Wildman–Crippen MR) is 92.5 cm³/mol. The van der Waals surface area contributed by atoms with Gasteiger partial charge in [0.1, 0.15) is 5.75 Å². The van der Waals surface area contributed by atoms with Crippen LogP contribution in [-0.4, -0.2) is 15.1 Å². The normalized spacial score (nSPS) is 10.6. The van der Waals surface area contributed by atoms with Gasteiger partial charge in [-0.2, -0.15) is 0 Å². The Labute approximate surface area is 148 Å². The summed E-state index contributed by atoms with van der Waals surface area (Å²) in [6.07, 6.45) is 0. The van der Waals surface area contributed by atoms with Crippen LogP contribution in [-0.2, 0) is 12.4 Å². The number of thioether (sulfide) groups is 1. The number of benzene rings is 2. The quantitative estimate of drug-likeness (QED) is 0.356. The van der Waals surface area contributed by atoms with Crippen molar-refractivity contribution < 1.29 is 14.1 Å². The first-order chi connectivity index (χ1) is 12.1. The molecule has 7 nitrogen and oxygen atoms in total. The molecular weight excluding hydrogens is 342 g/mol. The summed E-state index contributed by atoms with van der Waals surface area (Å²) in [5, 5.41) is 19.0. The third-order valence-electron chi connectivity index (χ3n) is 3.31. The van der Waals surface area contributed by atoms with Crippen LogP contribution >= 0.6 is 11.8 Å². The highest BCUT2D eigenvalue weighted by Crippen LogP contribution is 2.23. The Morgan fingerprint density at radius 1 is 1.20 bits per heavy atom. The van der Waals surface area contributed by atoms with Crippen LogP contribution in [0.4, 0.5) is 5.69 Å². The maximum absolute atomic E-state index is 10.6. The van der Waals surface area contributed by atoms with Gasteiger partial charge >= 0.3 is 0 Å². The second kappa shape index (κ2) is 7.80. The molecule has 0 aliphatic rings. The minimum Gasteiger partial charge on any atom is -0.484 e. The topological polar surface area (TPSA) is 91.3 Å². The molecule has 3 rings (SSSR count). The molecule has 0 unspecified atom stereocenters. The van der Waals surface area contributed by atoms with Gasteiger partial charge < -0.3 is 9.15 Å². The van der Waals surface area contributed by atoms with Gasteiger partial charge in [-0.15, -0.1) is 10.2 Å². The maximum Gasteiger partial charge on any atom is 0.277 e. The molecule has 128 valence electrons. The van der Waals surface area contributed by atoms with Crippen molar-refractivity contribution in [2.24, 2.45) is 0 Å². The van der Waals surface area contributed by atoms with E-state index in [1.54, 1.807) is 12.1 Å². The number of ether oxygens (including phenoxy) is 1. The Morgan fingerprint density at radius 2 is 2.00 bits per heavy atom. The van der Waals surface area contributed by atoms with Gasteiger partial charge in [-0.05, 0) is 30.2 Å². The van der Waals surface area contributed by atoms with E-state index >= 15 is 0 Å². The van der Waals surface area contributed by atoms with Gasteiger partial charge in [-0.3, -0.25) is 10.1 Å². The summed E-state index contributed by atoms with van der Waals surface area (Å²) >= 11 is 1.37. The molecule has 0 aliphatic carbocycles. The zero-order valence-electron chi connectivity index (χ0n) is 13.4. The lowest BCUT2D eigenvalue weighted by Crippen LogP contribution is -1.95. The molecule has 0 bridgehead atoms. The smallest absolute Gasteiger partial charge is 0.277 e. The van der Waals surface area contributed by atoms with Crippen LogP contribution in [0.3, 0.4) is 0 Å². The van der Waals surface area contributed by atoms with Gasteiger partial charge in [0.2, 0.25) is 0 Å². The van der Waals surface area contributed by atoms with Gasteiger partial charge in [0, 0.05) is 17.9 Å².